The molecule has 110 valence electrons. The highest BCUT2D eigenvalue weighted by atomic mass is 16.5. The number of carbonyl (C=O) groups excluding carboxylic acids is 1. The lowest BCUT2D eigenvalue weighted by molar-refractivity contribution is 0.0774. The van der Waals surface area contributed by atoms with Gasteiger partial charge < -0.3 is 20.4 Å². The molecule has 1 amide bonds. The molecule has 0 atom stereocenters. The molecule has 0 saturated heterocycles. The zero-order chi connectivity index (χ0) is 15.4. The standard InChI is InChI=1S/C14H16N4O3/c1-9-6-12(17-21-9)14(19)18(2)8-10-4-3-5-11(7-10)13(15)16-20/h3-7,20H,8H2,1-2H3,(H2,15,16). The van der Waals surface area contributed by atoms with Gasteiger partial charge >= 0.3 is 0 Å². The van der Waals surface area contributed by atoms with Gasteiger partial charge in [-0.1, -0.05) is 28.5 Å². The van der Waals surface area contributed by atoms with Gasteiger partial charge in [0.15, 0.2) is 11.5 Å². The van der Waals surface area contributed by atoms with E-state index in [-0.39, 0.29) is 17.4 Å². The van der Waals surface area contributed by atoms with Gasteiger partial charge in [-0.3, -0.25) is 4.79 Å². The molecule has 2 aromatic rings. The number of nitrogens with zero attached hydrogens (tertiary/aromatic N) is 3. The minimum Gasteiger partial charge on any atom is -0.409 e. The van der Waals surface area contributed by atoms with Crippen LogP contribution in [0, 0.1) is 6.92 Å². The Kier molecular flexibility index (Phi) is 4.22. The van der Waals surface area contributed by atoms with E-state index in [9.17, 15) is 4.79 Å². The maximum Gasteiger partial charge on any atom is 0.276 e. The third-order valence-electron chi connectivity index (χ3n) is 2.94. The number of aromatic nitrogens is 1. The molecule has 0 radical (unpaired) electrons. The molecule has 0 fully saturated rings. The molecule has 0 aliphatic rings. The van der Waals surface area contributed by atoms with Crippen LogP contribution >= 0.6 is 0 Å². The van der Waals surface area contributed by atoms with Gasteiger partial charge in [0, 0.05) is 25.2 Å². The molecule has 3 N–H and O–H groups in total. The summed E-state index contributed by atoms with van der Waals surface area (Å²) in [5.74, 6) is 0.375. The number of oxime groups is 1. The highest BCUT2D eigenvalue weighted by Crippen LogP contribution is 2.11. The molecule has 0 saturated carbocycles. The molecule has 0 spiro atoms. The van der Waals surface area contributed by atoms with Crippen LogP contribution in [-0.2, 0) is 6.54 Å². The van der Waals surface area contributed by atoms with Crippen molar-refractivity contribution >= 4 is 11.7 Å². The Bertz CT molecular complexity index is 678. The normalized spacial score (nSPS) is 11.4. The summed E-state index contributed by atoms with van der Waals surface area (Å²) in [5, 5.41) is 15.3. The third kappa shape index (κ3) is 3.38. The summed E-state index contributed by atoms with van der Waals surface area (Å²) < 4.78 is 4.89. The molecule has 0 aliphatic carbocycles. The van der Waals surface area contributed by atoms with Crippen LogP contribution in [0.2, 0.25) is 0 Å². The van der Waals surface area contributed by atoms with Gasteiger partial charge in [-0.15, -0.1) is 0 Å². The van der Waals surface area contributed by atoms with Crippen molar-refractivity contribution in [3.05, 3.63) is 52.9 Å². The van der Waals surface area contributed by atoms with E-state index in [1.54, 1.807) is 38.2 Å². The highest BCUT2D eigenvalue weighted by Gasteiger charge is 2.16. The molecule has 0 unspecified atom stereocenters. The monoisotopic (exact) mass is 288 g/mol. The van der Waals surface area contributed by atoms with Gasteiger partial charge in [-0.2, -0.15) is 0 Å². The van der Waals surface area contributed by atoms with Gasteiger partial charge in [0.05, 0.1) is 0 Å². The molecule has 21 heavy (non-hydrogen) atoms. The fraction of sp³-hybridized carbons (Fsp3) is 0.214. The number of carbonyl (C=O) groups is 1. The third-order valence-corrected chi connectivity index (χ3v) is 2.94. The minimum atomic E-state index is -0.235. The zero-order valence-corrected chi connectivity index (χ0v) is 11.8. The first-order valence-corrected chi connectivity index (χ1v) is 6.27. The quantitative estimate of drug-likeness (QED) is 0.382. The van der Waals surface area contributed by atoms with E-state index in [0.29, 0.717) is 17.9 Å². The summed E-state index contributed by atoms with van der Waals surface area (Å²) >= 11 is 0. The minimum absolute atomic E-state index is 0.0259. The molecular weight excluding hydrogens is 272 g/mol. The molecule has 0 bridgehead atoms. The second-order valence-corrected chi connectivity index (χ2v) is 4.67. The fourth-order valence-corrected chi connectivity index (χ4v) is 1.90. The van der Waals surface area contributed by atoms with Crippen LogP contribution in [0.4, 0.5) is 0 Å². The first-order chi connectivity index (χ1) is 10.0. The van der Waals surface area contributed by atoms with Crippen molar-refractivity contribution in [1.29, 1.82) is 0 Å². The Hall–Kier alpha value is -2.83. The number of aryl methyl sites for hydroxylation is 1. The van der Waals surface area contributed by atoms with Crippen LogP contribution in [0.5, 0.6) is 0 Å². The molecule has 2 rings (SSSR count). The Morgan fingerprint density at radius 2 is 2.24 bits per heavy atom. The number of amides is 1. The van der Waals surface area contributed by atoms with E-state index in [4.69, 9.17) is 15.5 Å². The van der Waals surface area contributed by atoms with E-state index in [2.05, 4.69) is 10.3 Å². The maximum atomic E-state index is 12.2. The van der Waals surface area contributed by atoms with Crippen LogP contribution in [0.3, 0.4) is 0 Å². The van der Waals surface area contributed by atoms with Crippen molar-refractivity contribution in [2.45, 2.75) is 13.5 Å². The summed E-state index contributed by atoms with van der Waals surface area (Å²) in [5.41, 5.74) is 7.26. The van der Waals surface area contributed by atoms with E-state index >= 15 is 0 Å². The Morgan fingerprint density at radius 3 is 2.86 bits per heavy atom. The largest absolute Gasteiger partial charge is 0.409 e. The van der Waals surface area contributed by atoms with E-state index in [0.717, 1.165) is 5.56 Å². The maximum absolute atomic E-state index is 12.2. The number of amidine groups is 1. The number of rotatable bonds is 4. The summed E-state index contributed by atoms with van der Waals surface area (Å²) in [4.78, 5) is 13.7. The van der Waals surface area contributed by atoms with Crippen molar-refractivity contribution in [2.24, 2.45) is 10.9 Å². The van der Waals surface area contributed by atoms with Gasteiger partial charge in [-0.05, 0) is 18.6 Å². The zero-order valence-electron chi connectivity index (χ0n) is 11.8. The lowest BCUT2D eigenvalue weighted by Gasteiger charge is -2.16. The van der Waals surface area contributed by atoms with Crippen molar-refractivity contribution in [3.8, 4) is 0 Å². The first-order valence-electron chi connectivity index (χ1n) is 6.27. The van der Waals surface area contributed by atoms with Gasteiger partial charge in [0.2, 0.25) is 0 Å². The van der Waals surface area contributed by atoms with E-state index in [1.807, 2.05) is 6.07 Å². The topological polar surface area (TPSA) is 105 Å². The Labute approximate surface area is 121 Å². The Balaban J connectivity index is 2.12. The number of hydrogen-bond donors (Lipinski definition) is 2. The smallest absolute Gasteiger partial charge is 0.276 e. The molecule has 0 aliphatic heterocycles. The first kappa shape index (κ1) is 14.6. The van der Waals surface area contributed by atoms with Crippen molar-refractivity contribution in [1.82, 2.24) is 10.1 Å². The summed E-state index contributed by atoms with van der Waals surface area (Å²) in [6.45, 7) is 2.10. The van der Waals surface area contributed by atoms with Gasteiger partial charge in [0.1, 0.15) is 5.76 Å². The molecule has 7 heteroatoms. The molecule has 7 nitrogen and oxygen atoms in total. The molecular formula is C14H16N4O3. The average Bonchev–Trinajstić information content (AvgIpc) is 2.92. The summed E-state index contributed by atoms with van der Waals surface area (Å²) in [6.07, 6.45) is 0. The van der Waals surface area contributed by atoms with Crippen LogP contribution < -0.4 is 5.73 Å². The second-order valence-electron chi connectivity index (χ2n) is 4.67. The fourth-order valence-electron chi connectivity index (χ4n) is 1.90. The SMILES string of the molecule is Cc1cc(C(=O)N(C)Cc2cccc(C(N)=NO)c2)no1. The predicted molar refractivity (Wildman–Crippen MR) is 76.0 cm³/mol. The van der Waals surface area contributed by atoms with Gasteiger partial charge in [0.25, 0.3) is 5.91 Å². The Morgan fingerprint density at radius 1 is 1.48 bits per heavy atom. The van der Waals surface area contributed by atoms with Crippen molar-refractivity contribution < 1.29 is 14.5 Å². The summed E-state index contributed by atoms with van der Waals surface area (Å²) in [7, 11) is 1.67. The second kappa shape index (κ2) is 6.08. The molecule has 1 aromatic heterocycles. The number of nitrogens with two attached hydrogens (primary N) is 1. The molecule has 1 aromatic carbocycles. The van der Waals surface area contributed by atoms with Crippen LogP contribution in [0.15, 0.2) is 40.0 Å². The van der Waals surface area contributed by atoms with Crippen LogP contribution in [-0.4, -0.2) is 34.1 Å². The van der Waals surface area contributed by atoms with Crippen molar-refractivity contribution in [2.75, 3.05) is 7.05 Å². The summed E-state index contributed by atoms with van der Waals surface area (Å²) in [6, 6.07) is 8.70. The van der Waals surface area contributed by atoms with Crippen molar-refractivity contribution in [3.63, 3.8) is 0 Å². The van der Waals surface area contributed by atoms with E-state index < -0.39 is 0 Å². The van der Waals surface area contributed by atoms with Gasteiger partial charge in [-0.25, -0.2) is 0 Å². The van der Waals surface area contributed by atoms with Crippen LogP contribution in [0.25, 0.3) is 0 Å². The lowest BCUT2D eigenvalue weighted by atomic mass is 10.1. The highest BCUT2D eigenvalue weighted by molar-refractivity contribution is 5.97. The number of hydrogen-bond acceptors (Lipinski definition) is 5. The average molecular weight is 288 g/mol. The number of benzene rings is 1. The molecule has 1 heterocycles. The predicted octanol–water partition coefficient (Wildman–Crippen LogP) is 1.35. The lowest BCUT2D eigenvalue weighted by Crippen LogP contribution is -2.26. The van der Waals surface area contributed by atoms with E-state index in [1.165, 1.54) is 4.90 Å². The van der Waals surface area contributed by atoms with Crippen LogP contribution in [0.1, 0.15) is 27.4 Å².